The fourth-order valence-corrected chi connectivity index (χ4v) is 2.67. The standard InChI is InChI=1S/C17H24N2O2/c1-12(20)19-11-13(14-7-5-6-8-15(14)19)9-10-18-16(21)17(2,3)4/h5-8,13H,9-11H2,1-4H3,(H,18,21). The molecule has 4 nitrogen and oxygen atoms in total. The third kappa shape index (κ3) is 3.43. The molecule has 1 aliphatic rings. The van der Waals surface area contributed by atoms with Crippen molar-refractivity contribution in [2.24, 2.45) is 5.41 Å². The maximum absolute atomic E-state index is 11.9. The number of nitrogens with one attached hydrogen (secondary N) is 1. The molecular formula is C17H24N2O2. The van der Waals surface area contributed by atoms with E-state index in [9.17, 15) is 9.59 Å². The van der Waals surface area contributed by atoms with E-state index >= 15 is 0 Å². The van der Waals surface area contributed by atoms with Gasteiger partial charge in [0.2, 0.25) is 11.8 Å². The number of rotatable bonds is 3. The van der Waals surface area contributed by atoms with Gasteiger partial charge in [0.1, 0.15) is 0 Å². The van der Waals surface area contributed by atoms with E-state index in [1.54, 1.807) is 6.92 Å². The first-order valence-corrected chi connectivity index (χ1v) is 7.46. The Bertz CT molecular complexity index is 546. The van der Waals surface area contributed by atoms with Crippen molar-refractivity contribution >= 4 is 17.5 Å². The molecule has 2 rings (SSSR count). The minimum Gasteiger partial charge on any atom is -0.356 e. The van der Waals surface area contributed by atoms with Gasteiger partial charge in [-0.1, -0.05) is 39.0 Å². The topological polar surface area (TPSA) is 49.4 Å². The molecule has 21 heavy (non-hydrogen) atoms. The quantitative estimate of drug-likeness (QED) is 0.929. The van der Waals surface area contributed by atoms with Gasteiger partial charge in [0.05, 0.1) is 0 Å². The third-order valence-electron chi connectivity index (χ3n) is 3.91. The molecule has 1 aromatic rings. The van der Waals surface area contributed by atoms with Gasteiger partial charge in [-0.2, -0.15) is 0 Å². The lowest BCUT2D eigenvalue weighted by Gasteiger charge is -2.19. The van der Waals surface area contributed by atoms with Crippen molar-refractivity contribution in [3.05, 3.63) is 29.8 Å². The number of carbonyl (C=O) groups excluding carboxylic acids is 2. The lowest BCUT2D eigenvalue weighted by atomic mass is 9.94. The van der Waals surface area contributed by atoms with Crippen molar-refractivity contribution in [3.63, 3.8) is 0 Å². The summed E-state index contributed by atoms with van der Waals surface area (Å²) >= 11 is 0. The van der Waals surface area contributed by atoms with Gasteiger partial charge in [-0.25, -0.2) is 0 Å². The summed E-state index contributed by atoms with van der Waals surface area (Å²) in [5.74, 6) is 0.436. The average molecular weight is 288 g/mol. The SMILES string of the molecule is CC(=O)N1CC(CCNC(=O)C(C)(C)C)c2ccccc21. The first kappa shape index (κ1) is 15.5. The maximum Gasteiger partial charge on any atom is 0.225 e. The molecule has 1 heterocycles. The van der Waals surface area contributed by atoms with Crippen LogP contribution in [0.5, 0.6) is 0 Å². The van der Waals surface area contributed by atoms with Crippen molar-refractivity contribution < 1.29 is 9.59 Å². The van der Waals surface area contributed by atoms with E-state index in [1.165, 1.54) is 5.56 Å². The zero-order valence-corrected chi connectivity index (χ0v) is 13.3. The number of hydrogen-bond donors (Lipinski definition) is 1. The lowest BCUT2D eigenvalue weighted by molar-refractivity contribution is -0.128. The molecule has 0 saturated heterocycles. The summed E-state index contributed by atoms with van der Waals surface area (Å²) < 4.78 is 0. The fourth-order valence-electron chi connectivity index (χ4n) is 2.67. The first-order chi connectivity index (χ1) is 9.80. The fraction of sp³-hybridized carbons (Fsp3) is 0.529. The summed E-state index contributed by atoms with van der Waals surface area (Å²) in [4.78, 5) is 25.4. The van der Waals surface area contributed by atoms with Gasteiger partial charge in [-0.05, 0) is 18.1 Å². The molecule has 0 saturated carbocycles. The van der Waals surface area contributed by atoms with E-state index < -0.39 is 0 Å². The second kappa shape index (κ2) is 5.88. The summed E-state index contributed by atoms with van der Waals surface area (Å²) in [6.45, 7) is 8.67. The Morgan fingerprint density at radius 2 is 1.95 bits per heavy atom. The van der Waals surface area contributed by atoms with Crippen LogP contribution in [0.4, 0.5) is 5.69 Å². The van der Waals surface area contributed by atoms with Crippen LogP contribution < -0.4 is 10.2 Å². The van der Waals surface area contributed by atoms with Crippen molar-refractivity contribution in [2.75, 3.05) is 18.0 Å². The van der Waals surface area contributed by atoms with Crippen LogP contribution in [0.3, 0.4) is 0 Å². The number of nitrogens with zero attached hydrogens (tertiary/aromatic N) is 1. The Balaban J connectivity index is 2.00. The van der Waals surface area contributed by atoms with E-state index in [-0.39, 0.29) is 17.2 Å². The molecule has 114 valence electrons. The van der Waals surface area contributed by atoms with Gasteiger partial charge >= 0.3 is 0 Å². The van der Waals surface area contributed by atoms with Gasteiger partial charge in [0.15, 0.2) is 0 Å². The van der Waals surface area contributed by atoms with Gasteiger partial charge in [-0.15, -0.1) is 0 Å². The normalized spacial score (nSPS) is 17.5. The summed E-state index contributed by atoms with van der Waals surface area (Å²) in [7, 11) is 0. The molecule has 0 fully saturated rings. The van der Waals surface area contributed by atoms with Crippen LogP contribution in [0.2, 0.25) is 0 Å². The highest BCUT2D eigenvalue weighted by atomic mass is 16.2. The summed E-state index contributed by atoms with van der Waals surface area (Å²) in [5, 5.41) is 2.98. The summed E-state index contributed by atoms with van der Waals surface area (Å²) in [5.41, 5.74) is 1.86. The van der Waals surface area contributed by atoms with Crippen LogP contribution >= 0.6 is 0 Å². The Morgan fingerprint density at radius 1 is 1.29 bits per heavy atom. The van der Waals surface area contributed by atoms with E-state index in [0.717, 1.165) is 12.1 Å². The van der Waals surface area contributed by atoms with Crippen LogP contribution in [0.15, 0.2) is 24.3 Å². The molecule has 1 atom stereocenters. The number of anilines is 1. The second-order valence-corrected chi connectivity index (χ2v) is 6.68. The van der Waals surface area contributed by atoms with Crippen LogP contribution in [0, 0.1) is 5.41 Å². The highest BCUT2D eigenvalue weighted by Gasteiger charge is 2.30. The van der Waals surface area contributed by atoms with Gasteiger partial charge in [0, 0.05) is 37.0 Å². The number of amides is 2. The lowest BCUT2D eigenvalue weighted by Crippen LogP contribution is -2.36. The minimum absolute atomic E-state index is 0.0669. The largest absolute Gasteiger partial charge is 0.356 e. The van der Waals surface area contributed by atoms with E-state index in [1.807, 2.05) is 43.9 Å². The number of para-hydroxylation sites is 1. The zero-order chi connectivity index (χ0) is 15.6. The molecule has 0 bridgehead atoms. The predicted octanol–water partition coefficient (Wildman–Crippen LogP) is 2.69. The molecule has 1 aliphatic heterocycles. The Hall–Kier alpha value is -1.84. The molecular weight excluding hydrogens is 264 g/mol. The smallest absolute Gasteiger partial charge is 0.225 e. The van der Waals surface area contributed by atoms with E-state index in [4.69, 9.17) is 0 Å². The Morgan fingerprint density at radius 3 is 2.57 bits per heavy atom. The van der Waals surface area contributed by atoms with Crippen molar-refractivity contribution in [2.45, 2.75) is 40.0 Å². The highest BCUT2D eigenvalue weighted by Crippen LogP contribution is 2.37. The Kier molecular flexibility index (Phi) is 4.35. The van der Waals surface area contributed by atoms with Crippen molar-refractivity contribution in [1.82, 2.24) is 5.32 Å². The average Bonchev–Trinajstić information content (AvgIpc) is 2.77. The van der Waals surface area contributed by atoms with Crippen LogP contribution in [0.1, 0.15) is 45.6 Å². The van der Waals surface area contributed by atoms with Crippen molar-refractivity contribution in [1.29, 1.82) is 0 Å². The van der Waals surface area contributed by atoms with Crippen LogP contribution in [-0.4, -0.2) is 24.9 Å². The highest BCUT2D eigenvalue weighted by molar-refractivity contribution is 5.94. The Labute approximate surface area is 126 Å². The number of benzene rings is 1. The molecule has 2 amide bonds. The monoisotopic (exact) mass is 288 g/mol. The zero-order valence-electron chi connectivity index (χ0n) is 13.3. The molecule has 0 aliphatic carbocycles. The van der Waals surface area contributed by atoms with E-state index in [0.29, 0.717) is 19.0 Å². The second-order valence-electron chi connectivity index (χ2n) is 6.68. The third-order valence-corrected chi connectivity index (χ3v) is 3.91. The first-order valence-electron chi connectivity index (χ1n) is 7.46. The van der Waals surface area contributed by atoms with Crippen molar-refractivity contribution in [3.8, 4) is 0 Å². The van der Waals surface area contributed by atoms with Crippen LogP contribution in [-0.2, 0) is 9.59 Å². The van der Waals surface area contributed by atoms with Gasteiger partial charge in [0.25, 0.3) is 0 Å². The maximum atomic E-state index is 11.9. The number of fused-ring (bicyclic) bond motifs is 1. The molecule has 1 aromatic carbocycles. The van der Waals surface area contributed by atoms with E-state index in [2.05, 4.69) is 11.4 Å². The molecule has 0 spiro atoms. The molecule has 0 radical (unpaired) electrons. The summed E-state index contributed by atoms with van der Waals surface area (Å²) in [6.07, 6.45) is 0.850. The molecule has 1 unspecified atom stereocenters. The van der Waals surface area contributed by atoms with Crippen LogP contribution in [0.25, 0.3) is 0 Å². The summed E-state index contributed by atoms with van der Waals surface area (Å²) in [6, 6.07) is 8.03. The van der Waals surface area contributed by atoms with Gasteiger partial charge in [-0.3, -0.25) is 9.59 Å². The van der Waals surface area contributed by atoms with Gasteiger partial charge < -0.3 is 10.2 Å². The molecule has 0 aromatic heterocycles. The molecule has 1 N–H and O–H groups in total. The number of hydrogen-bond acceptors (Lipinski definition) is 2. The predicted molar refractivity (Wildman–Crippen MR) is 84.3 cm³/mol. The minimum atomic E-state index is -0.362. The number of carbonyl (C=O) groups is 2. The molecule has 4 heteroatoms.